The highest BCUT2D eigenvalue weighted by Gasteiger charge is 2.30. The van der Waals surface area contributed by atoms with Crippen molar-refractivity contribution in [2.45, 2.75) is 13.8 Å². The number of amidine groups is 1. The zero-order valence-corrected chi connectivity index (χ0v) is 17.5. The van der Waals surface area contributed by atoms with Crippen LogP contribution >= 0.6 is 23.4 Å². The van der Waals surface area contributed by atoms with Crippen LogP contribution < -0.4 is 9.47 Å². The van der Waals surface area contributed by atoms with Gasteiger partial charge >= 0.3 is 0 Å². The molecule has 0 bridgehead atoms. The number of nitrogens with zero attached hydrogens (tertiary/aromatic N) is 2. The monoisotopic (exact) mass is 416 g/mol. The van der Waals surface area contributed by atoms with Gasteiger partial charge in [0.2, 0.25) is 0 Å². The molecule has 2 aromatic rings. The number of thioether (sulfide) groups is 1. The van der Waals surface area contributed by atoms with Crippen molar-refractivity contribution in [3.63, 3.8) is 0 Å². The zero-order valence-electron chi connectivity index (χ0n) is 15.9. The highest BCUT2D eigenvalue weighted by molar-refractivity contribution is 8.18. The Hall–Kier alpha value is -2.44. The van der Waals surface area contributed by atoms with Gasteiger partial charge in [-0.2, -0.15) is 0 Å². The Labute approximate surface area is 174 Å². The lowest BCUT2D eigenvalue weighted by molar-refractivity contribution is -0.121. The smallest absolute Gasteiger partial charge is 0.266 e. The van der Waals surface area contributed by atoms with E-state index >= 15 is 0 Å². The third-order valence-electron chi connectivity index (χ3n) is 3.92. The van der Waals surface area contributed by atoms with Crippen LogP contribution in [0, 0.1) is 0 Å². The van der Waals surface area contributed by atoms with Crippen molar-refractivity contribution < 1.29 is 14.3 Å². The van der Waals surface area contributed by atoms with E-state index in [1.54, 1.807) is 24.1 Å². The number of benzene rings is 2. The first-order valence-corrected chi connectivity index (χ1v) is 10.1. The summed E-state index contributed by atoms with van der Waals surface area (Å²) in [7, 11) is 1.72. The van der Waals surface area contributed by atoms with Crippen molar-refractivity contribution in [3.8, 4) is 11.5 Å². The van der Waals surface area contributed by atoms with Crippen LogP contribution in [-0.2, 0) is 4.79 Å². The summed E-state index contributed by atoms with van der Waals surface area (Å²) < 4.78 is 11.3. The molecule has 0 spiro atoms. The largest absolute Gasteiger partial charge is 0.490 e. The fourth-order valence-electron chi connectivity index (χ4n) is 2.59. The number of hydrogen-bond acceptors (Lipinski definition) is 5. The summed E-state index contributed by atoms with van der Waals surface area (Å²) in [5, 5.41) is 1.27. The second-order valence-corrected chi connectivity index (χ2v) is 7.36. The molecule has 0 saturated carbocycles. The minimum atomic E-state index is -0.0930. The number of amides is 1. The van der Waals surface area contributed by atoms with E-state index in [1.807, 2.05) is 50.3 Å². The summed E-state index contributed by atoms with van der Waals surface area (Å²) in [6.07, 6.45) is 1.84. The predicted octanol–water partition coefficient (Wildman–Crippen LogP) is 5.37. The average molecular weight is 417 g/mol. The Morgan fingerprint density at radius 1 is 1.07 bits per heavy atom. The van der Waals surface area contributed by atoms with Crippen LogP contribution in [0.4, 0.5) is 5.69 Å². The van der Waals surface area contributed by atoms with E-state index in [0.717, 1.165) is 11.3 Å². The topological polar surface area (TPSA) is 51.1 Å². The van der Waals surface area contributed by atoms with Crippen molar-refractivity contribution in [2.24, 2.45) is 4.99 Å². The van der Waals surface area contributed by atoms with Crippen LogP contribution in [-0.4, -0.2) is 36.2 Å². The van der Waals surface area contributed by atoms with Crippen LogP contribution in [0.1, 0.15) is 19.4 Å². The second-order valence-electron chi connectivity index (χ2n) is 5.92. The standard InChI is InChI=1S/C21H21ClN2O3S/c1-4-26-17-11-6-14(12-18(17)27-5-2)13-19-20(25)24(3)21(28-19)23-16-9-7-15(22)8-10-16/h6-13H,4-5H2,1-3H3/b19-13-,23-21?. The lowest BCUT2D eigenvalue weighted by atomic mass is 10.2. The van der Waals surface area contributed by atoms with Crippen molar-refractivity contribution in [1.29, 1.82) is 0 Å². The third kappa shape index (κ3) is 4.69. The minimum Gasteiger partial charge on any atom is -0.490 e. The molecule has 1 aliphatic rings. The number of aliphatic imine (C=N–C) groups is 1. The molecular weight excluding hydrogens is 396 g/mol. The van der Waals surface area contributed by atoms with Gasteiger partial charge in [0.1, 0.15) is 0 Å². The fraction of sp³-hybridized carbons (Fsp3) is 0.238. The fourth-order valence-corrected chi connectivity index (χ4v) is 3.70. The Kier molecular flexibility index (Phi) is 6.65. The molecule has 1 saturated heterocycles. The molecule has 0 aromatic heterocycles. The van der Waals surface area contributed by atoms with Crippen LogP contribution in [0.15, 0.2) is 52.4 Å². The van der Waals surface area contributed by atoms with Gasteiger partial charge < -0.3 is 9.47 Å². The lowest BCUT2D eigenvalue weighted by Gasteiger charge is -2.11. The number of carbonyl (C=O) groups is 1. The van der Waals surface area contributed by atoms with Crippen LogP contribution in [0.25, 0.3) is 6.08 Å². The molecule has 2 aromatic carbocycles. The van der Waals surface area contributed by atoms with Gasteiger partial charge in [-0.3, -0.25) is 9.69 Å². The molecular formula is C21H21ClN2O3S. The Morgan fingerprint density at radius 3 is 2.43 bits per heavy atom. The summed E-state index contributed by atoms with van der Waals surface area (Å²) in [5.41, 5.74) is 1.61. The summed E-state index contributed by atoms with van der Waals surface area (Å²) in [6, 6.07) is 12.8. The van der Waals surface area contributed by atoms with Crippen molar-refractivity contribution in [2.75, 3.05) is 20.3 Å². The van der Waals surface area contributed by atoms with Gasteiger partial charge in [-0.05, 0) is 73.6 Å². The summed E-state index contributed by atoms with van der Waals surface area (Å²) >= 11 is 7.25. The molecule has 0 N–H and O–H groups in total. The highest BCUT2D eigenvalue weighted by atomic mass is 35.5. The molecule has 1 amide bonds. The molecule has 0 radical (unpaired) electrons. The van der Waals surface area contributed by atoms with Crippen molar-refractivity contribution >= 4 is 46.2 Å². The molecule has 5 nitrogen and oxygen atoms in total. The number of hydrogen-bond donors (Lipinski definition) is 0. The molecule has 7 heteroatoms. The van der Waals surface area contributed by atoms with E-state index in [4.69, 9.17) is 21.1 Å². The maximum absolute atomic E-state index is 12.6. The second kappa shape index (κ2) is 9.17. The van der Waals surface area contributed by atoms with Gasteiger partial charge in [0.25, 0.3) is 5.91 Å². The number of rotatable bonds is 6. The van der Waals surface area contributed by atoms with Gasteiger partial charge in [0.15, 0.2) is 16.7 Å². The van der Waals surface area contributed by atoms with Crippen LogP contribution in [0.3, 0.4) is 0 Å². The molecule has 1 aliphatic heterocycles. The van der Waals surface area contributed by atoms with Gasteiger partial charge in [0, 0.05) is 12.1 Å². The quantitative estimate of drug-likeness (QED) is 0.594. The first kappa shape index (κ1) is 20.3. The maximum atomic E-state index is 12.6. The molecule has 3 rings (SSSR count). The normalized spacial score (nSPS) is 16.9. The summed E-state index contributed by atoms with van der Waals surface area (Å²) in [6.45, 7) is 4.95. The molecule has 0 unspecified atom stereocenters. The van der Waals surface area contributed by atoms with E-state index in [1.165, 1.54) is 11.8 Å². The predicted molar refractivity (Wildman–Crippen MR) is 116 cm³/mol. The Balaban J connectivity index is 1.87. The summed E-state index contributed by atoms with van der Waals surface area (Å²) in [4.78, 5) is 19.3. The van der Waals surface area contributed by atoms with E-state index in [-0.39, 0.29) is 5.91 Å². The lowest BCUT2D eigenvalue weighted by Crippen LogP contribution is -2.23. The highest BCUT2D eigenvalue weighted by Crippen LogP contribution is 2.35. The van der Waals surface area contributed by atoms with Crippen molar-refractivity contribution in [3.05, 3.63) is 58.0 Å². The molecule has 1 fully saturated rings. The van der Waals surface area contributed by atoms with E-state index in [0.29, 0.717) is 39.8 Å². The number of carbonyl (C=O) groups excluding carboxylic acids is 1. The SMILES string of the molecule is CCOc1ccc(/C=C2\SC(=Nc3ccc(Cl)cc3)N(C)C2=O)cc1OCC. The number of halogens is 1. The molecule has 1 heterocycles. The van der Waals surface area contributed by atoms with E-state index < -0.39 is 0 Å². The van der Waals surface area contributed by atoms with Gasteiger partial charge in [-0.15, -0.1) is 0 Å². The van der Waals surface area contributed by atoms with E-state index in [9.17, 15) is 4.79 Å². The molecule has 0 atom stereocenters. The Morgan fingerprint density at radius 2 is 1.75 bits per heavy atom. The van der Waals surface area contributed by atoms with Crippen LogP contribution in [0.5, 0.6) is 11.5 Å². The number of likely N-dealkylation sites (N-methyl/N-ethyl adjacent to an activating group) is 1. The summed E-state index contributed by atoms with van der Waals surface area (Å²) in [5.74, 6) is 1.26. The molecule has 28 heavy (non-hydrogen) atoms. The van der Waals surface area contributed by atoms with Gasteiger partial charge in [-0.25, -0.2) is 4.99 Å². The average Bonchev–Trinajstić information content (AvgIpc) is 2.94. The zero-order chi connectivity index (χ0) is 20.1. The third-order valence-corrected chi connectivity index (χ3v) is 5.23. The molecule has 0 aliphatic carbocycles. The van der Waals surface area contributed by atoms with Crippen LogP contribution in [0.2, 0.25) is 5.02 Å². The molecule has 146 valence electrons. The van der Waals surface area contributed by atoms with E-state index in [2.05, 4.69) is 4.99 Å². The van der Waals surface area contributed by atoms with Gasteiger partial charge in [0.05, 0.1) is 23.8 Å². The van der Waals surface area contributed by atoms with Gasteiger partial charge in [-0.1, -0.05) is 17.7 Å². The first-order valence-electron chi connectivity index (χ1n) is 8.93. The maximum Gasteiger partial charge on any atom is 0.266 e. The first-order chi connectivity index (χ1) is 13.5. The van der Waals surface area contributed by atoms with Crippen molar-refractivity contribution in [1.82, 2.24) is 4.90 Å². The minimum absolute atomic E-state index is 0.0930. The number of ether oxygens (including phenoxy) is 2. The Bertz CT molecular complexity index is 926.